The number of benzene rings is 4. The number of aromatic carboxylic acids is 1. The van der Waals surface area contributed by atoms with Crippen molar-refractivity contribution in [2.75, 3.05) is 12.4 Å². The van der Waals surface area contributed by atoms with Gasteiger partial charge in [-0.05, 0) is 54.4 Å². The number of para-hydroxylation sites is 1. The average molecular weight is 576 g/mol. The summed E-state index contributed by atoms with van der Waals surface area (Å²) in [6.45, 7) is 1.84. The van der Waals surface area contributed by atoms with Gasteiger partial charge in [0.1, 0.15) is 17.2 Å². The van der Waals surface area contributed by atoms with Crippen molar-refractivity contribution in [3.63, 3.8) is 0 Å². The van der Waals surface area contributed by atoms with Gasteiger partial charge < -0.3 is 30.2 Å². The second kappa shape index (κ2) is 14.8. The van der Waals surface area contributed by atoms with Gasteiger partial charge in [-0.2, -0.15) is 0 Å². The summed E-state index contributed by atoms with van der Waals surface area (Å²) >= 11 is 12.2. The molecule has 4 aromatic rings. The number of phenols is 2. The number of Topliss-reactive ketones (excluding diaryl/α,β-unsaturated/α-hetero) is 1. The van der Waals surface area contributed by atoms with E-state index < -0.39 is 5.97 Å². The van der Waals surface area contributed by atoms with Gasteiger partial charge in [0.15, 0.2) is 5.78 Å². The van der Waals surface area contributed by atoms with Crippen LogP contribution in [0.1, 0.15) is 31.8 Å². The fourth-order valence-corrected chi connectivity index (χ4v) is 3.92. The molecule has 0 saturated heterocycles. The molecule has 0 aromatic heterocycles. The summed E-state index contributed by atoms with van der Waals surface area (Å²) in [6.07, 6.45) is 0.183. The summed E-state index contributed by atoms with van der Waals surface area (Å²) < 4.78 is 5.04. The standard InChI is InChI=1S/C15H14O4.C14H11Cl2NO2.Na/c1-19-12-5-2-10(3-6-12)8-14(17)13-7-4-11(16)9-15(13)18;1-8-6-7-10(15)13(12(8)16)17-11-5-3-2-4-9(11)14(18)19;/h2-7,9,16,18H,8H2,1H3;2-7,17H,1H3,(H,18,19);/q;;+1/p-1. The molecule has 7 nitrogen and oxygen atoms in total. The number of hydrogen-bond donors (Lipinski definition) is 3. The van der Waals surface area contributed by atoms with Crippen molar-refractivity contribution in [2.24, 2.45) is 0 Å². The molecule has 0 amide bonds. The maximum atomic E-state index is 12.0. The zero-order valence-electron chi connectivity index (χ0n) is 21.5. The van der Waals surface area contributed by atoms with Gasteiger partial charge in [-0.3, -0.25) is 4.79 Å². The minimum atomic E-state index is -1.26. The molecule has 0 aliphatic heterocycles. The van der Waals surface area contributed by atoms with Gasteiger partial charge in [0.05, 0.1) is 34.4 Å². The van der Waals surface area contributed by atoms with Gasteiger partial charge in [-0.15, -0.1) is 0 Å². The van der Waals surface area contributed by atoms with Gasteiger partial charge >= 0.3 is 29.6 Å². The van der Waals surface area contributed by atoms with Gasteiger partial charge in [-0.1, -0.05) is 59.6 Å². The number of methoxy groups -OCH3 is 1. The van der Waals surface area contributed by atoms with E-state index in [4.69, 9.17) is 27.9 Å². The molecule has 4 rings (SSSR count). The predicted molar refractivity (Wildman–Crippen MR) is 146 cm³/mol. The molecule has 0 radical (unpaired) electrons. The maximum Gasteiger partial charge on any atom is 1.00 e. The second-order valence-electron chi connectivity index (χ2n) is 8.16. The summed E-state index contributed by atoms with van der Waals surface area (Å²) in [5.74, 6) is -1.02. The Kier molecular flexibility index (Phi) is 12.2. The Bertz CT molecular complexity index is 1460. The van der Waals surface area contributed by atoms with Crippen molar-refractivity contribution < 1.29 is 59.2 Å². The SMILES string of the molecule is COc1ccc(CC(=O)c2ccc(O)cc2O)cc1.Cc1ccc(Cl)c(Nc2ccccc2C(=O)[O-])c1Cl.[Na+]. The van der Waals surface area contributed by atoms with Gasteiger partial charge in [-0.25, -0.2) is 0 Å². The Morgan fingerprint density at radius 2 is 1.59 bits per heavy atom. The number of aryl methyl sites for hydroxylation is 1. The number of ether oxygens (including phenoxy) is 1. The minimum Gasteiger partial charge on any atom is -0.545 e. The molecule has 0 spiro atoms. The van der Waals surface area contributed by atoms with Crippen LogP contribution in [0, 0.1) is 6.92 Å². The normalized spacial score (nSPS) is 9.95. The third kappa shape index (κ3) is 8.65. The largest absolute Gasteiger partial charge is 1.00 e. The summed E-state index contributed by atoms with van der Waals surface area (Å²) in [4.78, 5) is 23.1. The molecule has 4 aromatic carbocycles. The number of aromatic hydroxyl groups is 2. The van der Waals surface area contributed by atoms with Crippen LogP contribution >= 0.6 is 23.2 Å². The maximum absolute atomic E-state index is 12.0. The van der Waals surface area contributed by atoms with E-state index in [2.05, 4.69) is 5.32 Å². The van der Waals surface area contributed by atoms with E-state index in [1.165, 1.54) is 18.2 Å². The van der Waals surface area contributed by atoms with E-state index in [0.29, 0.717) is 21.4 Å². The first-order chi connectivity index (χ1) is 18.1. The fraction of sp³-hybridized carbons (Fsp3) is 0.103. The molecule has 0 aliphatic rings. The number of anilines is 2. The molecular weight excluding hydrogens is 552 g/mol. The summed E-state index contributed by atoms with van der Waals surface area (Å²) in [5, 5.41) is 33.7. The third-order valence-corrected chi connectivity index (χ3v) is 6.30. The van der Waals surface area contributed by atoms with Crippen molar-refractivity contribution in [1.82, 2.24) is 0 Å². The topological polar surface area (TPSA) is 119 Å². The van der Waals surface area contributed by atoms with Crippen LogP contribution in [0.3, 0.4) is 0 Å². The quantitative estimate of drug-likeness (QED) is 0.229. The fourth-order valence-electron chi connectivity index (χ4n) is 3.46. The van der Waals surface area contributed by atoms with E-state index in [-0.39, 0.29) is 64.4 Å². The smallest absolute Gasteiger partial charge is 0.545 e. The number of carbonyl (C=O) groups excluding carboxylic acids is 2. The Labute approximate surface area is 258 Å². The van der Waals surface area contributed by atoms with E-state index >= 15 is 0 Å². The number of nitrogens with one attached hydrogen (secondary N) is 1. The van der Waals surface area contributed by atoms with Gasteiger partial charge in [0.25, 0.3) is 0 Å². The molecule has 0 atom stereocenters. The van der Waals surface area contributed by atoms with Crippen LogP contribution in [0.15, 0.2) is 78.9 Å². The van der Waals surface area contributed by atoms with Crippen LogP contribution < -0.4 is 44.7 Å². The van der Waals surface area contributed by atoms with E-state index in [0.717, 1.165) is 22.9 Å². The predicted octanol–water partition coefficient (Wildman–Crippen LogP) is 2.94. The minimum absolute atomic E-state index is 0. The van der Waals surface area contributed by atoms with E-state index in [1.807, 2.05) is 6.92 Å². The average Bonchev–Trinajstić information content (AvgIpc) is 2.89. The molecule has 0 saturated carbocycles. The Morgan fingerprint density at radius 3 is 2.21 bits per heavy atom. The second-order valence-corrected chi connectivity index (χ2v) is 8.95. The molecular formula is C29H24Cl2NNaO6. The molecule has 196 valence electrons. The van der Waals surface area contributed by atoms with Crippen molar-refractivity contribution in [2.45, 2.75) is 13.3 Å². The van der Waals surface area contributed by atoms with Gasteiger partial charge in [0, 0.05) is 23.7 Å². The number of phenolic OH excluding ortho intramolecular Hbond substituents is 2. The molecule has 0 bridgehead atoms. The van der Waals surface area contributed by atoms with E-state index in [1.54, 1.807) is 61.7 Å². The number of carboxylic acid groups (broad SMARTS) is 1. The van der Waals surface area contributed by atoms with Crippen molar-refractivity contribution in [1.29, 1.82) is 0 Å². The van der Waals surface area contributed by atoms with Crippen molar-refractivity contribution in [3.8, 4) is 17.2 Å². The van der Waals surface area contributed by atoms with Crippen LogP contribution in [0.5, 0.6) is 17.2 Å². The monoisotopic (exact) mass is 575 g/mol. The molecule has 0 fully saturated rings. The number of ketones is 1. The Hall–Kier alpha value is -3.20. The number of halogens is 2. The molecule has 39 heavy (non-hydrogen) atoms. The first-order valence-corrected chi connectivity index (χ1v) is 12.1. The Morgan fingerprint density at radius 1 is 0.923 bits per heavy atom. The van der Waals surface area contributed by atoms with Crippen LogP contribution in [-0.4, -0.2) is 29.1 Å². The van der Waals surface area contributed by atoms with Crippen LogP contribution in [0.4, 0.5) is 11.4 Å². The molecule has 10 heteroatoms. The summed E-state index contributed by atoms with van der Waals surface area (Å²) in [7, 11) is 1.58. The van der Waals surface area contributed by atoms with Crippen molar-refractivity contribution in [3.05, 3.63) is 111 Å². The first kappa shape index (κ1) is 32.0. The van der Waals surface area contributed by atoms with Gasteiger partial charge in [0.2, 0.25) is 0 Å². The number of carbonyl (C=O) groups is 2. The molecule has 0 unspecified atom stereocenters. The number of carboxylic acids is 1. The summed E-state index contributed by atoms with van der Waals surface area (Å²) in [5.41, 5.74) is 2.80. The van der Waals surface area contributed by atoms with Crippen molar-refractivity contribution >= 4 is 46.3 Å². The third-order valence-electron chi connectivity index (χ3n) is 5.50. The molecule has 0 heterocycles. The van der Waals surface area contributed by atoms with Crippen LogP contribution in [-0.2, 0) is 6.42 Å². The zero-order valence-corrected chi connectivity index (χ0v) is 25.0. The van der Waals surface area contributed by atoms with Crippen LogP contribution in [0.25, 0.3) is 0 Å². The first-order valence-electron chi connectivity index (χ1n) is 11.3. The number of rotatable bonds is 7. The summed E-state index contributed by atoms with van der Waals surface area (Å²) in [6, 6.07) is 21.0. The zero-order chi connectivity index (χ0) is 27.8. The van der Waals surface area contributed by atoms with E-state index in [9.17, 15) is 24.9 Å². The Balaban J connectivity index is 0.000000267. The molecule has 3 N–H and O–H groups in total. The molecule has 0 aliphatic carbocycles. The van der Waals surface area contributed by atoms with Crippen LogP contribution in [0.2, 0.25) is 10.0 Å². The number of hydrogen-bond acceptors (Lipinski definition) is 7.